The van der Waals surface area contributed by atoms with Gasteiger partial charge in [-0.25, -0.2) is 0 Å². The summed E-state index contributed by atoms with van der Waals surface area (Å²) in [5.74, 6) is 0. The van der Waals surface area contributed by atoms with Crippen LogP contribution in [-0.2, 0) is 6.54 Å². The lowest BCUT2D eigenvalue weighted by atomic mass is 10.2. The van der Waals surface area contributed by atoms with Gasteiger partial charge in [0, 0.05) is 18.1 Å². The van der Waals surface area contributed by atoms with Crippen molar-refractivity contribution in [2.45, 2.75) is 6.54 Å². The lowest BCUT2D eigenvalue weighted by Crippen LogP contribution is -2.20. The van der Waals surface area contributed by atoms with Crippen molar-refractivity contribution in [2.24, 2.45) is 5.73 Å². The van der Waals surface area contributed by atoms with E-state index >= 15 is 0 Å². The normalized spacial score (nSPS) is 10.0. The first-order valence-electron chi connectivity index (χ1n) is 4.87. The summed E-state index contributed by atoms with van der Waals surface area (Å²) in [5, 5.41) is 7.38. The minimum atomic E-state index is 0.271. The highest BCUT2D eigenvalue weighted by Gasteiger charge is 2.02. The van der Waals surface area contributed by atoms with E-state index in [-0.39, 0.29) is 5.11 Å². The van der Waals surface area contributed by atoms with Crippen LogP contribution in [0, 0.1) is 0 Å². The zero-order chi connectivity index (χ0) is 11.4. The summed E-state index contributed by atoms with van der Waals surface area (Å²) >= 11 is 4.83. The molecule has 1 aromatic heterocycles. The molecule has 0 unspecified atom stereocenters. The highest BCUT2D eigenvalue weighted by molar-refractivity contribution is 7.80. The number of hydrogen-bond acceptors (Lipinski definition) is 2. The number of hydrogen-bond donors (Lipinski definition) is 2. The number of anilines is 1. The summed E-state index contributed by atoms with van der Waals surface area (Å²) in [6.07, 6.45) is 3.67. The molecule has 0 aliphatic carbocycles. The maximum atomic E-state index is 5.46. The van der Waals surface area contributed by atoms with Crippen LogP contribution >= 0.6 is 12.2 Å². The first-order chi connectivity index (χ1) is 7.75. The molecule has 0 aliphatic rings. The highest BCUT2D eigenvalue weighted by atomic mass is 32.1. The molecule has 0 amide bonds. The Kier molecular flexibility index (Phi) is 3.16. The van der Waals surface area contributed by atoms with E-state index in [1.54, 1.807) is 6.20 Å². The molecule has 2 rings (SSSR count). The van der Waals surface area contributed by atoms with Crippen LogP contribution < -0.4 is 11.1 Å². The number of nitrogens with zero attached hydrogens (tertiary/aromatic N) is 2. The van der Waals surface area contributed by atoms with Crippen LogP contribution in [0.3, 0.4) is 0 Å². The number of para-hydroxylation sites is 1. The van der Waals surface area contributed by atoms with Gasteiger partial charge in [0.05, 0.1) is 6.54 Å². The Morgan fingerprint density at radius 3 is 2.88 bits per heavy atom. The van der Waals surface area contributed by atoms with Crippen molar-refractivity contribution in [1.29, 1.82) is 0 Å². The Morgan fingerprint density at radius 2 is 2.19 bits per heavy atom. The Labute approximate surface area is 99.1 Å². The summed E-state index contributed by atoms with van der Waals surface area (Å²) in [5.41, 5.74) is 7.48. The Morgan fingerprint density at radius 1 is 1.38 bits per heavy atom. The maximum absolute atomic E-state index is 5.46. The lowest BCUT2D eigenvalue weighted by Gasteiger charge is -2.10. The number of nitrogens with one attached hydrogen (secondary N) is 1. The minimum Gasteiger partial charge on any atom is -0.376 e. The molecule has 4 nitrogen and oxygen atoms in total. The summed E-state index contributed by atoms with van der Waals surface area (Å²) < 4.78 is 1.85. The van der Waals surface area contributed by atoms with Crippen LogP contribution in [0.25, 0.3) is 0 Å². The van der Waals surface area contributed by atoms with Gasteiger partial charge in [0.2, 0.25) is 0 Å². The predicted molar refractivity (Wildman–Crippen MR) is 68.2 cm³/mol. The summed E-state index contributed by atoms with van der Waals surface area (Å²) in [6.45, 7) is 0.693. The third kappa shape index (κ3) is 2.58. The second kappa shape index (κ2) is 4.76. The fourth-order valence-electron chi connectivity index (χ4n) is 1.48. The quantitative estimate of drug-likeness (QED) is 0.789. The van der Waals surface area contributed by atoms with E-state index < -0.39 is 0 Å². The smallest absolute Gasteiger partial charge is 0.168 e. The summed E-state index contributed by atoms with van der Waals surface area (Å²) in [4.78, 5) is 0. The van der Waals surface area contributed by atoms with Crippen molar-refractivity contribution in [3.63, 3.8) is 0 Å². The second-order valence-electron chi connectivity index (χ2n) is 3.35. The number of thiocarbonyl (C=S) groups is 1. The van der Waals surface area contributed by atoms with Gasteiger partial charge in [-0.05, 0) is 29.9 Å². The Bertz CT molecular complexity index is 478. The van der Waals surface area contributed by atoms with E-state index in [0.29, 0.717) is 6.54 Å². The molecule has 82 valence electrons. The van der Waals surface area contributed by atoms with E-state index in [1.165, 1.54) is 0 Å². The van der Waals surface area contributed by atoms with Gasteiger partial charge >= 0.3 is 0 Å². The van der Waals surface area contributed by atoms with Crippen LogP contribution in [0.5, 0.6) is 0 Å². The fraction of sp³-hybridized carbons (Fsp3) is 0.0909. The van der Waals surface area contributed by atoms with Gasteiger partial charge in [0.25, 0.3) is 0 Å². The van der Waals surface area contributed by atoms with Gasteiger partial charge in [-0.3, -0.25) is 4.68 Å². The predicted octanol–water partition coefficient (Wildman–Crippen LogP) is 1.59. The third-order valence-electron chi connectivity index (χ3n) is 2.17. The van der Waals surface area contributed by atoms with Crippen molar-refractivity contribution >= 4 is 23.0 Å². The monoisotopic (exact) mass is 232 g/mol. The molecule has 0 aliphatic heterocycles. The van der Waals surface area contributed by atoms with Gasteiger partial charge in [0.1, 0.15) is 0 Å². The summed E-state index contributed by atoms with van der Waals surface area (Å²) in [6, 6.07) is 9.76. The average Bonchev–Trinajstić information content (AvgIpc) is 2.73. The van der Waals surface area contributed by atoms with Gasteiger partial charge in [-0.1, -0.05) is 18.2 Å². The average molecular weight is 232 g/mol. The fourth-order valence-corrected chi connectivity index (χ4v) is 1.59. The van der Waals surface area contributed by atoms with Crippen molar-refractivity contribution in [3.05, 3.63) is 48.3 Å². The van der Waals surface area contributed by atoms with Crippen LogP contribution in [0.2, 0.25) is 0 Å². The van der Waals surface area contributed by atoms with E-state index in [1.807, 2.05) is 41.2 Å². The van der Waals surface area contributed by atoms with E-state index in [2.05, 4.69) is 10.4 Å². The molecule has 0 radical (unpaired) electrons. The van der Waals surface area contributed by atoms with E-state index in [4.69, 9.17) is 18.0 Å². The van der Waals surface area contributed by atoms with Crippen molar-refractivity contribution < 1.29 is 0 Å². The molecule has 0 spiro atoms. The van der Waals surface area contributed by atoms with Crippen LogP contribution in [0.15, 0.2) is 42.7 Å². The standard InChI is InChI=1S/C11H12N4S/c12-11(16)14-10-5-2-1-4-9(10)8-15-7-3-6-13-15/h1-7H,8H2,(H3,12,14,16). The molecule has 16 heavy (non-hydrogen) atoms. The first kappa shape index (κ1) is 10.6. The number of nitrogens with two attached hydrogens (primary N) is 1. The second-order valence-corrected chi connectivity index (χ2v) is 3.79. The molecule has 0 fully saturated rings. The topological polar surface area (TPSA) is 55.9 Å². The third-order valence-corrected chi connectivity index (χ3v) is 2.27. The molecule has 5 heteroatoms. The molecular weight excluding hydrogens is 220 g/mol. The van der Waals surface area contributed by atoms with Gasteiger partial charge in [-0.15, -0.1) is 0 Å². The molecule has 0 bridgehead atoms. The van der Waals surface area contributed by atoms with Crippen molar-refractivity contribution in [3.8, 4) is 0 Å². The SMILES string of the molecule is NC(=S)Nc1ccccc1Cn1cccn1. The Balaban J connectivity index is 2.22. The summed E-state index contributed by atoms with van der Waals surface area (Å²) in [7, 11) is 0. The van der Waals surface area contributed by atoms with Crippen molar-refractivity contribution in [2.75, 3.05) is 5.32 Å². The van der Waals surface area contributed by atoms with Gasteiger partial charge in [-0.2, -0.15) is 5.10 Å². The van der Waals surface area contributed by atoms with Gasteiger partial charge in [0.15, 0.2) is 5.11 Å². The molecule has 3 N–H and O–H groups in total. The molecule has 1 heterocycles. The molecule has 0 saturated carbocycles. The van der Waals surface area contributed by atoms with Crippen molar-refractivity contribution in [1.82, 2.24) is 9.78 Å². The van der Waals surface area contributed by atoms with Crippen LogP contribution in [-0.4, -0.2) is 14.9 Å². The first-order valence-corrected chi connectivity index (χ1v) is 5.28. The maximum Gasteiger partial charge on any atom is 0.168 e. The lowest BCUT2D eigenvalue weighted by molar-refractivity contribution is 0.688. The molecule has 0 atom stereocenters. The Hall–Kier alpha value is -1.88. The van der Waals surface area contributed by atoms with E-state index in [9.17, 15) is 0 Å². The number of rotatable bonds is 3. The van der Waals surface area contributed by atoms with E-state index in [0.717, 1.165) is 11.3 Å². The van der Waals surface area contributed by atoms with Crippen LogP contribution in [0.1, 0.15) is 5.56 Å². The van der Waals surface area contributed by atoms with Gasteiger partial charge < -0.3 is 11.1 Å². The highest BCUT2D eigenvalue weighted by Crippen LogP contribution is 2.15. The molecule has 0 saturated heterocycles. The minimum absolute atomic E-state index is 0.271. The number of benzene rings is 1. The zero-order valence-electron chi connectivity index (χ0n) is 8.63. The molecule has 2 aromatic rings. The van der Waals surface area contributed by atoms with Crippen LogP contribution in [0.4, 0.5) is 5.69 Å². The molecular formula is C11H12N4S. The number of aromatic nitrogens is 2. The largest absolute Gasteiger partial charge is 0.376 e. The zero-order valence-corrected chi connectivity index (χ0v) is 9.45. The molecule has 1 aromatic carbocycles.